The molecule has 1 aromatic rings. The van der Waals surface area contributed by atoms with Crippen molar-refractivity contribution in [2.24, 2.45) is 17.8 Å². The molecule has 0 N–H and O–H groups in total. The van der Waals surface area contributed by atoms with E-state index < -0.39 is 0 Å². The first-order valence-corrected chi connectivity index (χ1v) is 11.7. The molecule has 0 unspecified atom stereocenters. The SMILES string of the molecule is CC=CCCOCc1ccc(C2CCC(C3CCC(C=CC)CC3)CC2)cc1. The minimum Gasteiger partial charge on any atom is -0.376 e. The molecule has 0 radical (unpaired) electrons. The molecule has 154 valence electrons. The normalized spacial score (nSPS) is 28.9. The fraction of sp³-hybridized carbons (Fsp3) is 0.630. The van der Waals surface area contributed by atoms with Gasteiger partial charge in [-0.3, -0.25) is 0 Å². The monoisotopic (exact) mass is 380 g/mol. The van der Waals surface area contributed by atoms with E-state index in [0.717, 1.165) is 43.3 Å². The van der Waals surface area contributed by atoms with E-state index in [1.165, 1.54) is 56.9 Å². The van der Waals surface area contributed by atoms with Gasteiger partial charge in [-0.2, -0.15) is 0 Å². The van der Waals surface area contributed by atoms with Crippen molar-refractivity contribution in [1.82, 2.24) is 0 Å². The van der Waals surface area contributed by atoms with Crippen LogP contribution in [0.2, 0.25) is 0 Å². The van der Waals surface area contributed by atoms with E-state index in [1.807, 2.05) is 0 Å². The maximum atomic E-state index is 5.76. The van der Waals surface area contributed by atoms with Gasteiger partial charge < -0.3 is 4.74 Å². The molecule has 1 heteroatoms. The Bertz CT molecular complexity index is 596. The maximum Gasteiger partial charge on any atom is 0.0717 e. The summed E-state index contributed by atoms with van der Waals surface area (Å²) >= 11 is 0. The van der Waals surface area contributed by atoms with Crippen molar-refractivity contribution in [2.45, 2.75) is 84.2 Å². The molecular weight excluding hydrogens is 340 g/mol. The van der Waals surface area contributed by atoms with Gasteiger partial charge in [-0.15, -0.1) is 0 Å². The highest BCUT2D eigenvalue weighted by Crippen LogP contribution is 2.44. The van der Waals surface area contributed by atoms with Crippen LogP contribution in [0.3, 0.4) is 0 Å². The van der Waals surface area contributed by atoms with Crippen LogP contribution < -0.4 is 0 Å². The second-order valence-corrected chi connectivity index (χ2v) is 8.96. The number of hydrogen-bond donors (Lipinski definition) is 0. The van der Waals surface area contributed by atoms with Gasteiger partial charge in [0.25, 0.3) is 0 Å². The molecule has 0 spiro atoms. The highest BCUT2D eigenvalue weighted by Gasteiger charge is 2.30. The summed E-state index contributed by atoms with van der Waals surface area (Å²) in [7, 11) is 0. The molecule has 3 rings (SSSR count). The van der Waals surface area contributed by atoms with Crippen molar-refractivity contribution in [2.75, 3.05) is 6.61 Å². The van der Waals surface area contributed by atoms with Gasteiger partial charge in [0.05, 0.1) is 13.2 Å². The van der Waals surface area contributed by atoms with E-state index in [2.05, 4.69) is 62.4 Å². The summed E-state index contributed by atoms with van der Waals surface area (Å²) < 4.78 is 5.76. The topological polar surface area (TPSA) is 9.23 Å². The van der Waals surface area contributed by atoms with Crippen molar-refractivity contribution >= 4 is 0 Å². The van der Waals surface area contributed by atoms with Crippen molar-refractivity contribution in [3.63, 3.8) is 0 Å². The number of hydrogen-bond acceptors (Lipinski definition) is 1. The fourth-order valence-corrected chi connectivity index (χ4v) is 5.40. The molecule has 1 aromatic carbocycles. The van der Waals surface area contributed by atoms with E-state index in [0.29, 0.717) is 0 Å². The zero-order valence-electron chi connectivity index (χ0n) is 18.1. The number of benzene rings is 1. The molecule has 2 aliphatic rings. The molecule has 0 aromatic heterocycles. The number of rotatable bonds is 8. The van der Waals surface area contributed by atoms with Crippen LogP contribution in [0.25, 0.3) is 0 Å². The average Bonchev–Trinajstić information content (AvgIpc) is 2.75. The van der Waals surface area contributed by atoms with Gasteiger partial charge >= 0.3 is 0 Å². The van der Waals surface area contributed by atoms with Crippen LogP contribution in [0.15, 0.2) is 48.6 Å². The molecule has 1 nitrogen and oxygen atoms in total. The van der Waals surface area contributed by atoms with Gasteiger partial charge in [0, 0.05) is 0 Å². The van der Waals surface area contributed by atoms with Crippen molar-refractivity contribution in [3.05, 3.63) is 59.7 Å². The molecule has 2 fully saturated rings. The zero-order chi connectivity index (χ0) is 19.6. The summed E-state index contributed by atoms with van der Waals surface area (Å²) in [5, 5.41) is 0. The molecule has 2 saturated carbocycles. The highest BCUT2D eigenvalue weighted by molar-refractivity contribution is 5.25. The van der Waals surface area contributed by atoms with E-state index in [-0.39, 0.29) is 0 Å². The molecule has 0 amide bonds. The molecular formula is C27H40O. The summed E-state index contributed by atoms with van der Waals surface area (Å²) in [5.41, 5.74) is 2.85. The molecule has 0 aliphatic heterocycles. The third-order valence-electron chi connectivity index (χ3n) is 7.10. The Balaban J connectivity index is 1.40. The van der Waals surface area contributed by atoms with Crippen molar-refractivity contribution < 1.29 is 4.74 Å². The third kappa shape index (κ3) is 6.34. The molecule has 0 bridgehead atoms. The Morgan fingerprint density at radius 1 is 0.821 bits per heavy atom. The average molecular weight is 381 g/mol. The van der Waals surface area contributed by atoms with Crippen LogP contribution in [-0.4, -0.2) is 6.61 Å². The van der Waals surface area contributed by atoms with Crippen LogP contribution in [0.4, 0.5) is 0 Å². The van der Waals surface area contributed by atoms with E-state index in [4.69, 9.17) is 4.74 Å². The largest absolute Gasteiger partial charge is 0.376 e. The van der Waals surface area contributed by atoms with Gasteiger partial charge in [0.1, 0.15) is 0 Å². The lowest BCUT2D eigenvalue weighted by Crippen LogP contribution is -2.25. The van der Waals surface area contributed by atoms with Gasteiger partial charge in [0.15, 0.2) is 0 Å². The second kappa shape index (κ2) is 11.6. The van der Waals surface area contributed by atoms with E-state index >= 15 is 0 Å². The summed E-state index contributed by atoms with van der Waals surface area (Å²) in [5.74, 6) is 3.64. The van der Waals surface area contributed by atoms with Crippen LogP contribution >= 0.6 is 0 Å². The summed E-state index contributed by atoms with van der Waals surface area (Å²) in [6.45, 7) is 5.77. The van der Waals surface area contributed by atoms with E-state index in [1.54, 1.807) is 5.56 Å². The van der Waals surface area contributed by atoms with Crippen LogP contribution in [0.5, 0.6) is 0 Å². The first kappa shape index (κ1) is 21.4. The van der Waals surface area contributed by atoms with Crippen LogP contribution in [0.1, 0.15) is 88.7 Å². The lowest BCUT2D eigenvalue weighted by Gasteiger charge is -2.37. The first-order valence-electron chi connectivity index (χ1n) is 11.7. The second-order valence-electron chi connectivity index (χ2n) is 8.96. The third-order valence-corrected chi connectivity index (χ3v) is 7.10. The predicted octanol–water partition coefficient (Wildman–Crippen LogP) is 7.83. The lowest BCUT2D eigenvalue weighted by molar-refractivity contribution is 0.125. The standard InChI is InChI=1S/C27H40O/c1-3-5-6-20-28-21-23-10-14-25(15-11-23)27-18-16-26(17-19-27)24-12-8-22(7-4-2)9-13-24/h3-5,7,10-11,14-15,22,24,26-27H,6,8-9,12-13,16-21H2,1-2H3. The van der Waals surface area contributed by atoms with Gasteiger partial charge in [-0.25, -0.2) is 0 Å². The van der Waals surface area contributed by atoms with Crippen LogP contribution in [-0.2, 0) is 11.3 Å². The maximum absolute atomic E-state index is 5.76. The first-order chi connectivity index (χ1) is 13.8. The minimum absolute atomic E-state index is 0.737. The molecule has 0 heterocycles. The molecule has 0 saturated heterocycles. The highest BCUT2D eigenvalue weighted by atomic mass is 16.5. The quantitative estimate of drug-likeness (QED) is 0.330. The Labute approximate surface area is 173 Å². The Morgan fingerprint density at radius 2 is 1.46 bits per heavy atom. The Morgan fingerprint density at radius 3 is 2.07 bits per heavy atom. The van der Waals surface area contributed by atoms with Gasteiger partial charge in [-0.05, 0) is 106 Å². The van der Waals surface area contributed by atoms with Gasteiger partial charge in [0.2, 0.25) is 0 Å². The summed E-state index contributed by atoms with van der Waals surface area (Å²) in [4.78, 5) is 0. The molecule has 0 atom stereocenters. The van der Waals surface area contributed by atoms with Crippen LogP contribution in [0, 0.1) is 17.8 Å². The number of allylic oxidation sites excluding steroid dienone is 3. The number of ether oxygens (including phenoxy) is 1. The van der Waals surface area contributed by atoms with Crippen molar-refractivity contribution in [1.29, 1.82) is 0 Å². The fourth-order valence-electron chi connectivity index (χ4n) is 5.40. The lowest BCUT2D eigenvalue weighted by atomic mass is 9.68. The summed E-state index contributed by atoms with van der Waals surface area (Å²) in [6, 6.07) is 9.27. The summed E-state index contributed by atoms with van der Waals surface area (Å²) in [6.07, 6.45) is 21.4. The molecule has 2 aliphatic carbocycles. The van der Waals surface area contributed by atoms with Gasteiger partial charge in [-0.1, -0.05) is 48.6 Å². The minimum atomic E-state index is 0.737. The Kier molecular flexibility index (Phi) is 8.86. The van der Waals surface area contributed by atoms with E-state index in [9.17, 15) is 0 Å². The smallest absolute Gasteiger partial charge is 0.0717 e. The van der Waals surface area contributed by atoms with Crippen molar-refractivity contribution in [3.8, 4) is 0 Å². The predicted molar refractivity (Wildman–Crippen MR) is 120 cm³/mol. The molecule has 28 heavy (non-hydrogen) atoms. The Hall–Kier alpha value is -1.34. The zero-order valence-corrected chi connectivity index (χ0v) is 18.1.